The largest absolute Gasteiger partial charge is 0.416 e. The van der Waals surface area contributed by atoms with E-state index in [-0.39, 0.29) is 17.0 Å². The summed E-state index contributed by atoms with van der Waals surface area (Å²) in [6, 6.07) is 3.77. The number of hydrogen-bond acceptors (Lipinski definition) is 6. The number of nitrogens with zero attached hydrogens (tertiary/aromatic N) is 1. The third-order valence-electron chi connectivity index (χ3n) is 5.03. The smallest absolute Gasteiger partial charge is 0.416 e. The Kier molecular flexibility index (Phi) is 8.10. The van der Waals surface area contributed by atoms with E-state index in [0.717, 1.165) is 36.8 Å². The van der Waals surface area contributed by atoms with Crippen molar-refractivity contribution in [3.8, 4) is 11.8 Å². The minimum atomic E-state index is -4.60. The van der Waals surface area contributed by atoms with Crippen molar-refractivity contribution in [1.29, 1.82) is 0 Å². The molecule has 0 aliphatic heterocycles. The van der Waals surface area contributed by atoms with Crippen molar-refractivity contribution in [2.75, 3.05) is 11.0 Å². The lowest BCUT2D eigenvalue weighted by atomic mass is 10.1. The predicted molar refractivity (Wildman–Crippen MR) is 123 cm³/mol. The average Bonchev–Trinajstić information content (AvgIpc) is 3.24. The highest BCUT2D eigenvalue weighted by Gasteiger charge is 2.31. The highest BCUT2D eigenvalue weighted by Crippen LogP contribution is 2.35. The molecule has 0 saturated carbocycles. The van der Waals surface area contributed by atoms with Crippen molar-refractivity contribution in [2.45, 2.75) is 38.9 Å². The number of sulfonamides is 1. The van der Waals surface area contributed by atoms with E-state index in [0.29, 0.717) is 18.4 Å². The first-order valence-electron chi connectivity index (χ1n) is 10.8. The molecule has 14 heteroatoms. The summed E-state index contributed by atoms with van der Waals surface area (Å²) in [5.74, 6) is -3.35. The SMILES string of the molecule is CCCc1ccc(C(F)(F)F)cc1Oc1nc(C(=O)NC(C)c2cc(F)c(NS(C)(=O)=O)c(F)c2)co1. The maximum absolute atomic E-state index is 14.3. The van der Waals surface area contributed by atoms with Crippen LogP contribution >= 0.6 is 0 Å². The van der Waals surface area contributed by atoms with Crippen LogP contribution in [0.2, 0.25) is 0 Å². The van der Waals surface area contributed by atoms with Gasteiger partial charge in [0, 0.05) is 0 Å². The molecule has 0 fully saturated rings. The maximum atomic E-state index is 14.3. The van der Waals surface area contributed by atoms with Crippen LogP contribution in [-0.2, 0) is 22.6 Å². The van der Waals surface area contributed by atoms with Gasteiger partial charge in [-0.25, -0.2) is 17.2 Å². The Bertz CT molecular complexity index is 1380. The molecule has 0 aliphatic rings. The van der Waals surface area contributed by atoms with Gasteiger partial charge in [0.15, 0.2) is 17.3 Å². The molecule has 1 unspecified atom stereocenters. The third kappa shape index (κ3) is 7.18. The monoisotopic (exact) mass is 547 g/mol. The van der Waals surface area contributed by atoms with E-state index in [1.165, 1.54) is 13.0 Å². The van der Waals surface area contributed by atoms with E-state index in [1.54, 1.807) is 4.72 Å². The topological polar surface area (TPSA) is 111 Å². The number of aryl methyl sites for hydroxylation is 1. The standard InChI is InChI=1S/C23H22F5N3O5S/c1-4-5-13-6-7-15(23(26,27)28)10-19(13)36-22-30-18(11-35-22)21(32)29-12(2)14-8-16(24)20(17(25)9-14)31-37(3,33)34/h6-12,31H,4-5H2,1-3H3,(H,29,32). The Morgan fingerprint density at radius 3 is 2.38 bits per heavy atom. The summed E-state index contributed by atoms with van der Waals surface area (Å²) >= 11 is 0. The molecule has 1 atom stereocenters. The van der Waals surface area contributed by atoms with E-state index in [1.807, 2.05) is 6.92 Å². The number of benzene rings is 2. The molecule has 0 radical (unpaired) electrons. The summed E-state index contributed by atoms with van der Waals surface area (Å²) in [6.45, 7) is 3.25. The van der Waals surface area contributed by atoms with Crippen LogP contribution in [0.3, 0.4) is 0 Å². The van der Waals surface area contributed by atoms with Gasteiger partial charge in [-0.2, -0.15) is 18.2 Å². The van der Waals surface area contributed by atoms with Crippen molar-refractivity contribution in [1.82, 2.24) is 10.3 Å². The second-order valence-corrected chi connectivity index (χ2v) is 9.85. The molecular formula is C23H22F5N3O5S. The van der Waals surface area contributed by atoms with Crippen molar-refractivity contribution >= 4 is 21.6 Å². The summed E-state index contributed by atoms with van der Waals surface area (Å²) in [5, 5.41) is 2.43. The zero-order valence-electron chi connectivity index (χ0n) is 19.7. The molecule has 37 heavy (non-hydrogen) atoms. The summed E-state index contributed by atoms with van der Waals surface area (Å²) in [4.78, 5) is 16.4. The first-order chi connectivity index (χ1) is 17.2. The van der Waals surface area contributed by atoms with E-state index in [9.17, 15) is 35.2 Å². The highest BCUT2D eigenvalue weighted by atomic mass is 32.2. The number of carbonyl (C=O) groups excluding carboxylic acids is 1. The molecule has 2 N–H and O–H groups in total. The lowest BCUT2D eigenvalue weighted by Gasteiger charge is -2.15. The molecule has 0 aliphatic carbocycles. The van der Waals surface area contributed by atoms with E-state index < -0.39 is 57.1 Å². The minimum absolute atomic E-state index is 0.0180. The summed E-state index contributed by atoms with van der Waals surface area (Å²) in [6.07, 6.45) is -2.39. The number of hydrogen-bond donors (Lipinski definition) is 2. The molecule has 0 spiro atoms. The van der Waals surface area contributed by atoms with Crippen LogP contribution in [0.25, 0.3) is 0 Å². The van der Waals surface area contributed by atoms with Gasteiger partial charge < -0.3 is 14.5 Å². The molecule has 3 aromatic rings. The van der Waals surface area contributed by atoms with Crippen molar-refractivity contribution in [3.05, 3.63) is 70.6 Å². The number of rotatable bonds is 9. The van der Waals surface area contributed by atoms with E-state index in [2.05, 4.69) is 10.3 Å². The maximum Gasteiger partial charge on any atom is 0.416 e. The Balaban J connectivity index is 1.76. The number of alkyl halides is 3. The van der Waals surface area contributed by atoms with Gasteiger partial charge in [0.2, 0.25) is 10.0 Å². The van der Waals surface area contributed by atoms with Gasteiger partial charge in [-0.1, -0.05) is 19.4 Å². The van der Waals surface area contributed by atoms with Crippen molar-refractivity contribution < 1.29 is 44.3 Å². The molecule has 0 saturated heterocycles. The highest BCUT2D eigenvalue weighted by molar-refractivity contribution is 7.92. The molecule has 8 nitrogen and oxygen atoms in total. The van der Waals surface area contributed by atoms with E-state index in [4.69, 9.17) is 9.15 Å². The van der Waals surface area contributed by atoms with Gasteiger partial charge in [0.25, 0.3) is 5.91 Å². The van der Waals surface area contributed by atoms with Crippen LogP contribution in [-0.4, -0.2) is 25.6 Å². The molecule has 200 valence electrons. The van der Waals surface area contributed by atoms with Gasteiger partial charge in [-0.05, 0) is 48.7 Å². The zero-order valence-corrected chi connectivity index (χ0v) is 20.6. The summed E-state index contributed by atoms with van der Waals surface area (Å²) in [5.41, 5.74) is -1.64. The van der Waals surface area contributed by atoms with Gasteiger partial charge >= 0.3 is 12.3 Å². The fourth-order valence-corrected chi connectivity index (χ4v) is 3.85. The lowest BCUT2D eigenvalue weighted by molar-refractivity contribution is -0.137. The fraction of sp³-hybridized carbons (Fsp3) is 0.304. The lowest BCUT2D eigenvalue weighted by Crippen LogP contribution is -2.27. The number of halogens is 5. The Morgan fingerprint density at radius 2 is 1.81 bits per heavy atom. The first-order valence-corrected chi connectivity index (χ1v) is 12.7. The average molecular weight is 548 g/mol. The summed E-state index contributed by atoms with van der Waals surface area (Å²) in [7, 11) is -3.93. The number of ether oxygens (including phenoxy) is 1. The van der Waals surface area contributed by atoms with Crippen molar-refractivity contribution in [3.63, 3.8) is 0 Å². The number of carbonyl (C=O) groups is 1. The zero-order chi connectivity index (χ0) is 27.5. The molecule has 1 heterocycles. The molecule has 0 bridgehead atoms. The molecule has 1 amide bonds. The normalized spacial score (nSPS) is 12.8. The number of nitrogens with one attached hydrogen (secondary N) is 2. The van der Waals surface area contributed by atoms with Crippen LogP contribution < -0.4 is 14.8 Å². The van der Waals surface area contributed by atoms with E-state index >= 15 is 0 Å². The second kappa shape index (κ2) is 10.7. The van der Waals surface area contributed by atoms with Crippen LogP contribution in [0, 0.1) is 11.6 Å². The molecule has 2 aromatic carbocycles. The number of amides is 1. The Labute approximate surface area is 208 Å². The molecule has 3 rings (SSSR count). The number of anilines is 1. The van der Waals surface area contributed by atoms with Gasteiger partial charge in [-0.15, -0.1) is 0 Å². The molecular weight excluding hydrogens is 525 g/mol. The minimum Gasteiger partial charge on any atom is -0.416 e. The Morgan fingerprint density at radius 1 is 1.16 bits per heavy atom. The van der Waals surface area contributed by atoms with Crippen molar-refractivity contribution in [2.24, 2.45) is 0 Å². The predicted octanol–water partition coefficient (Wildman–Crippen LogP) is 5.58. The van der Waals surface area contributed by atoms with Crippen LogP contribution in [0.5, 0.6) is 11.8 Å². The number of oxazole rings is 1. The summed E-state index contributed by atoms with van der Waals surface area (Å²) < 4.78 is 103. The van der Waals surface area contributed by atoms with Crippen LogP contribution in [0.15, 0.2) is 41.0 Å². The third-order valence-corrected chi connectivity index (χ3v) is 5.60. The number of aromatic nitrogens is 1. The Hall–Kier alpha value is -3.68. The first kappa shape index (κ1) is 27.9. The van der Waals surface area contributed by atoms with Crippen LogP contribution in [0.4, 0.5) is 27.6 Å². The quantitative estimate of drug-likeness (QED) is 0.339. The second-order valence-electron chi connectivity index (χ2n) is 8.10. The fourth-order valence-electron chi connectivity index (χ4n) is 3.28. The van der Waals surface area contributed by atoms with Gasteiger partial charge in [-0.3, -0.25) is 9.52 Å². The van der Waals surface area contributed by atoms with Gasteiger partial charge in [0.1, 0.15) is 17.7 Å². The van der Waals surface area contributed by atoms with Gasteiger partial charge in [0.05, 0.1) is 17.9 Å². The van der Waals surface area contributed by atoms with Crippen LogP contribution in [0.1, 0.15) is 53.5 Å². The molecule has 1 aromatic heterocycles.